The van der Waals surface area contributed by atoms with Gasteiger partial charge in [-0.1, -0.05) is 34.6 Å². The molecule has 2 aliphatic rings. The number of rotatable bonds is 4. The maximum absolute atomic E-state index is 12.9. The minimum Gasteiger partial charge on any atom is -0.342 e. The molecule has 1 aliphatic heterocycles. The summed E-state index contributed by atoms with van der Waals surface area (Å²) in [6.45, 7) is 10.7. The molecule has 2 amide bonds. The Morgan fingerprint density at radius 3 is 2.38 bits per heavy atom. The van der Waals surface area contributed by atoms with E-state index in [0.29, 0.717) is 24.2 Å². The predicted molar refractivity (Wildman–Crippen MR) is 83.7 cm³/mol. The van der Waals surface area contributed by atoms with Crippen LogP contribution in [0.4, 0.5) is 0 Å². The molecule has 0 aromatic carbocycles. The molecule has 0 aromatic rings. The molecule has 1 saturated carbocycles. The first-order chi connectivity index (χ1) is 9.86. The summed E-state index contributed by atoms with van der Waals surface area (Å²) in [4.78, 5) is 27.3. The summed E-state index contributed by atoms with van der Waals surface area (Å²) in [6.07, 6.45) is 3.62. The zero-order valence-electron chi connectivity index (χ0n) is 14.1. The second-order valence-electron chi connectivity index (χ2n) is 7.34. The molecule has 0 aromatic heterocycles. The van der Waals surface area contributed by atoms with Crippen LogP contribution in [-0.4, -0.2) is 34.8 Å². The summed E-state index contributed by atoms with van der Waals surface area (Å²) in [5.74, 6) is 1.69. The van der Waals surface area contributed by atoms with Crippen LogP contribution in [0, 0.1) is 17.8 Å². The van der Waals surface area contributed by atoms with E-state index in [-0.39, 0.29) is 29.9 Å². The van der Waals surface area contributed by atoms with Crippen LogP contribution < -0.4 is 5.32 Å². The van der Waals surface area contributed by atoms with Crippen LogP contribution in [0.5, 0.6) is 0 Å². The standard InChI is InChI=1S/C17H30N2O2/c1-6-14-16(20)18-13(9-10(2)3)17(21)19(14)15-8-7-11(4)12(15)5/h10-15H,6-9H2,1-5H3,(H,18,20). The Morgan fingerprint density at radius 2 is 1.90 bits per heavy atom. The zero-order valence-corrected chi connectivity index (χ0v) is 14.1. The predicted octanol–water partition coefficient (Wildman–Crippen LogP) is 2.57. The highest BCUT2D eigenvalue weighted by molar-refractivity contribution is 5.97. The minimum absolute atomic E-state index is 0.0366. The lowest BCUT2D eigenvalue weighted by molar-refractivity contribution is -0.153. The van der Waals surface area contributed by atoms with Crippen LogP contribution in [0.1, 0.15) is 60.3 Å². The molecule has 1 aliphatic carbocycles. The van der Waals surface area contributed by atoms with Crippen molar-refractivity contribution in [3.63, 3.8) is 0 Å². The normalized spacial score (nSPS) is 37.2. The number of nitrogens with one attached hydrogen (secondary N) is 1. The Balaban J connectivity index is 2.24. The van der Waals surface area contributed by atoms with Crippen molar-refractivity contribution in [2.24, 2.45) is 17.8 Å². The van der Waals surface area contributed by atoms with Crippen LogP contribution in [0.3, 0.4) is 0 Å². The summed E-state index contributed by atoms with van der Waals surface area (Å²) < 4.78 is 0. The Labute approximate surface area is 128 Å². The van der Waals surface area contributed by atoms with Gasteiger partial charge < -0.3 is 10.2 Å². The Hall–Kier alpha value is -1.06. The molecule has 120 valence electrons. The zero-order chi connectivity index (χ0) is 15.7. The van der Waals surface area contributed by atoms with E-state index in [0.717, 1.165) is 19.3 Å². The van der Waals surface area contributed by atoms with Crippen molar-refractivity contribution in [3.05, 3.63) is 0 Å². The van der Waals surface area contributed by atoms with Crippen molar-refractivity contribution in [1.29, 1.82) is 0 Å². The van der Waals surface area contributed by atoms with Gasteiger partial charge in [-0.05, 0) is 43.4 Å². The smallest absolute Gasteiger partial charge is 0.246 e. The van der Waals surface area contributed by atoms with Gasteiger partial charge in [-0.3, -0.25) is 9.59 Å². The summed E-state index contributed by atoms with van der Waals surface area (Å²) in [6, 6.07) is -0.375. The fraction of sp³-hybridized carbons (Fsp3) is 0.882. The third-order valence-corrected chi connectivity index (χ3v) is 5.38. The van der Waals surface area contributed by atoms with Crippen molar-refractivity contribution in [2.75, 3.05) is 0 Å². The van der Waals surface area contributed by atoms with Crippen LogP contribution >= 0.6 is 0 Å². The third kappa shape index (κ3) is 3.09. The number of carbonyl (C=O) groups is 2. The van der Waals surface area contributed by atoms with Gasteiger partial charge in [0.1, 0.15) is 12.1 Å². The van der Waals surface area contributed by atoms with Crippen molar-refractivity contribution in [3.8, 4) is 0 Å². The third-order valence-electron chi connectivity index (χ3n) is 5.38. The van der Waals surface area contributed by atoms with E-state index in [1.54, 1.807) is 0 Å². The second-order valence-corrected chi connectivity index (χ2v) is 7.34. The molecule has 0 bridgehead atoms. The molecule has 0 spiro atoms. The summed E-state index contributed by atoms with van der Waals surface area (Å²) in [5.41, 5.74) is 0. The van der Waals surface area contributed by atoms with Crippen molar-refractivity contribution in [1.82, 2.24) is 10.2 Å². The average molecular weight is 294 g/mol. The van der Waals surface area contributed by atoms with E-state index in [9.17, 15) is 9.59 Å². The number of carbonyl (C=O) groups excluding carboxylic acids is 2. The van der Waals surface area contributed by atoms with E-state index >= 15 is 0 Å². The molecule has 4 heteroatoms. The SMILES string of the molecule is CCC1C(=O)NC(CC(C)C)C(=O)N1C1CCC(C)C1C. The lowest BCUT2D eigenvalue weighted by Crippen LogP contribution is -2.66. The van der Waals surface area contributed by atoms with Gasteiger partial charge in [0.2, 0.25) is 11.8 Å². The molecule has 4 nitrogen and oxygen atoms in total. The maximum atomic E-state index is 12.9. The average Bonchev–Trinajstić information content (AvgIpc) is 2.73. The van der Waals surface area contributed by atoms with E-state index in [4.69, 9.17) is 0 Å². The van der Waals surface area contributed by atoms with E-state index in [1.807, 2.05) is 11.8 Å². The highest BCUT2D eigenvalue weighted by Gasteiger charge is 2.46. The van der Waals surface area contributed by atoms with Crippen LogP contribution in [0.15, 0.2) is 0 Å². The van der Waals surface area contributed by atoms with E-state index < -0.39 is 0 Å². The lowest BCUT2D eigenvalue weighted by atomic mass is 9.91. The summed E-state index contributed by atoms with van der Waals surface area (Å²) in [5, 5.41) is 2.95. The summed E-state index contributed by atoms with van der Waals surface area (Å²) >= 11 is 0. The fourth-order valence-electron chi connectivity index (χ4n) is 3.93. The molecular weight excluding hydrogens is 264 g/mol. The first-order valence-electron chi connectivity index (χ1n) is 8.49. The topological polar surface area (TPSA) is 49.4 Å². The van der Waals surface area contributed by atoms with Gasteiger partial charge in [0, 0.05) is 6.04 Å². The quantitative estimate of drug-likeness (QED) is 0.866. The number of hydrogen-bond acceptors (Lipinski definition) is 2. The monoisotopic (exact) mass is 294 g/mol. The maximum Gasteiger partial charge on any atom is 0.246 e. The second kappa shape index (κ2) is 6.37. The molecule has 21 heavy (non-hydrogen) atoms. The van der Waals surface area contributed by atoms with Gasteiger partial charge in [-0.15, -0.1) is 0 Å². The van der Waals surface area contributed by atoms with Crippen LogP contribution in [0.2, 0.25) is 0 Å². The van der Waals surface area contributed by atoms with Gasteiger partial charge in [0.25, 0.3) is 0 Å². The Bertz CT molecular complexity index is 408. The first-order valence-corrected chi connectivity index (χ1v) is 8.49. The molecular formula is C17H30N2O2. The minimum atomic E-state index is -0.330. The van der Waals surface area contributed by atoms with E-state index in [2.05, 4.69) is 33.0 Å². The van der Waals surface area contributed by atoms with Crippen molar-refractivity contribution >= 4 is 11.8 Å². The Morgan fingerprint density at radius 1 is 1.24 bits per heavy atom. The highest BCUT2D eigenvalue weighted by Crippen LogP contribution is 2.37. The van der Waals surface area contributed by atoms with Gasteiger partial charge >= 0.3 is 0 Å². The number of piperazine rings is 1. The number of hydrogen-bond donors (Lipinski definition) is 1. The van der Waals surface area contributed by atoms with Crippen LogP contribution in [-0.2, 0) is 9.59 Å². The molecule has 2 rings (SSSR count). The van der Waals surface area contributed by atoms with Gasteiger partial charge in [-0.25, -0.2) is 0 Å². The van der Waals surface area contributed by atoms with Crippen molar-refractivity contribution < 1.29 is 9.59 Å². The molecule has 1 heterocycles. The van der Waals surface area contributed by atoms with Crippen LogP contribution in [0.25, 0.3) is 0 Å². The van der Waals surface area contributed by atoms with E-state index in [1.165, 1.54) is 0 Å². The van der Waals surface area contributed by atoms with Gasteiger partial charge in [-0.2, -0.15) is 0 Å². The number of amides is 2. The largest absolute Gasteiger partial charge is 0.342 e. The molecule has 1 N–H and O–H groups in total. The Kier molecular flexibility index (Phi) is 4.95. The van der Waals surface area contributed by atoms with Gasteiger partial charge in [0.05, 0.1) is 0 Å². The summed E-state index contributed by atoms with van der Waals surface area (Å²) in [7, 11) is 0. The van der Waals surface area contributed by atoms with Crippen molar-refractivity contribution in [2.45, 2.75) is 78.4 Å². The van der Waals surface area contributed by atoms with Gasteiger partial charge in [0.15, 0.2) is 0 Å². The molecule has 2 fully saturated rings. The molecule has 0 radical (unpaired) electrons. The molecule has 5 atom stereocenters. The molecule has 1 saturated heterocycles. The number of nitrogens with zero attached hydrogens (tertiary/aromatic N) is 1. The lowest BCUT2D eigenvalue weighted by Gasteiger charge is -2.44. The fourth-order valence-corrected chi connectivity index (χ4v) is 3.93. The molecule has 5 unspecified atom stereocenters. The highest BCUT2D eigenvalue weighted by atomic mass is 16.2. The first kappa shape index (κ1) is 16.3.